The summed E-state index contributed by atoms with van der Waals surface area (Å²) in [5.74, 6) is 0.452. The van der Waals surface area contributed by atoms with Crippen LogP contribution in [0.5, 0.6) is 5.75 Å². The molecule has 4 atom stereocenters. The van der Waals surface area contributed by atoms with Gasteiger partial charge in [0.15, 0.2) is 23.4 Å². The van der Waals surface area contributed by atoms with E-state index in [9.17, 15) is 9.59 Å². The third-order valence-corrected chi connectivity index (χ3v) is 9.38. The van der Waals surface area contributed by atoms with Crippen molar-refractivity contribution in [1.82, 2.24) is 15.3 Å². The van der Waals surface area contributed by atoms with Gasteiger partial charge >= 0.3 is 5.97 Å². The minimum Gasteiger partial charge on any atom is -0.469 e. The smallest absolute Gasteiger partial charge is 0.360 e. The lowest BCUT2D eigenvalue weighted by Crippen LogP contribution is -2.45. The maximum atomic E-state index is 13.4. The molecule has 0 saturated heterocycles. The number of benzene rings is 2. The number of para-hydroxylation sites is 1. The Hall–Kier alpha value is -4.64. The second kappa shape index (κ2) is 11.6. The number of amides is 1. The summed E-state index contributed by atoms with van der Waals surface area (Å²) in [6, 6.07) is 10.9. The van der Waals surface area contributed by atoms with Crippen LogP contribution in [0, 0.1) is 5.92 Å². The van der Waals surface area contributed by atoms with Crippen molar-refractivity contribution in [2.75, 3.05) is 12.4 Å². The molecule has 7 rings (SSSR count). The van der Waals surface area contributed by atoms with Gasteiger partial charge in [0.05, 0.1) is 13.2 Å². The number of anilines is 1. The molecule has 3 aliphatic rings. The fourth-order valence-corrected chi connectivity index (χ4v) is 7.02. The van der Waals surface area contributed by atoms with Crippen molar-refractivity contribution >= 4 is 17.6 Å². The Labute approximate surface area is 267 Å². The number of oxazole rings is 2. The number of esters is 1. The molecule has 4 N–H and O–H groups in total. The van der Waals surface area contributed by atoms with Gasteiger partial charge in [0.2, 0.25) is 17.7 Å². The number of hydrogen-bond acceptors (Lipinski definition) is 10. The van der Waals surface area contributed by atoms with Crippen LogP contribution in [0.1, 0.15) is 96.9 Å². The number of ether oxygens (including phenoxy) is 2. The first-order valence-corrected chi connectivity index (χ1v) is 16.1. The Morgan fingerprint density at radius 1 is 1.13 bits per heavy atom. The van der Waals surface area contributed by atoms with Crippen LogP contribution in [0.15, 0.2) is 51.5 Å². The molecule has 2 aromatic carbocycles. The average Bonchev–Trinajstić information content (AvgIpc) is 3.82. The number of rotatable bonds is 8. The fraction of sp³-hybridized carbons (Fsp3) is 0.429. The monoisotopic (exact) mass is 625 g/mol. The topological polar surface area (TPSA) is 155 Å². The lowest BCUT2D eigenvalue weighted by Gasteiger charge is -2.28. The molecular formula is C35H39N5O6. The van der Waals surface area contributed by atoms with E-state index in [4.69, 9.17) is 29.0 Å². The number of unbranched alkanes of at least 4 members (excludes halogenated alkanes) is 3. The molecule has 3 aliphatic heterocycles. The van der Waals surface area contributed by atoms with Crippen molar-refractivity contribution < 1.29 is 27.9 Å². The van der Waals surface area contributed by atoms with E-state index in [0.29, 0.717) is 23.6 Å². The zero-order chi connectivity index (χ0) is 32.2. The fourth-order valence-electron chi connectivity index (χ4n) is 7.02. The number of nitrogens with one attached hydrogen (secondary N) is 2. The van der Waals surface area contributed by atoms with Gasteiger partial charge < -0.3 is 34.7 Å². The lowest BCUT2D eigenvalue weighted by atomic mass is 9.72. The lowest BCUT2D eigenvalue weighted by molar-refractivity contribution is -0.123. The van der Waals surface area contributed by atoms with Gasteiger partial charge in [-0.2, -0.15) is 0 Å². The first-order valence-electron chi connectivity index (χ1n) is 16.1. The predicted octanol–water partition coefficient (Wildman–Crippen LogP) is 5.41. The van der Waals surface area contributed by atoms with Crippen LogP contribution in [0.25, 0.3) is 11.6 Å². The Morgan fingerprint density at radius 2 is 1.98 bits per heavy atom. The quantitative estimate of drug-likeness (QED) is 0.171. The number of hydrogen-bond donors (Lipinski definition) is 3. The second-order valence-corrected chi connectivity index (χ2v) is 12.7. The Kier molecular flexibility index (Phi) is 7.59. The van der Waals surface area contributed by atoms with Crippen LogP contribution in [0.2, 0.25) is 0 Å². The van der Waals surface area contributed by atoms with Gasteiger partial charge in [-0.05, 0) is 47.9 Å². The highest BCUT2D eigenvalue weighted by atomic mass is 16.5. The number of methoxy groups -OCH3 is 1. The molecule has 4 aromatic rings. The molecule has 0 aliphatic carbocycles. The standard InChI is InChI=1S/C35H39N5O6/c1-5-6-7-8-10-20-11-9-12-21-27(20)40-34-35(21)22-15-19(13-14-25(22)45-34)16-23(36)30(41)38-26(18(2)3)32-39-28(29(35)46-32)31-37-24(17-44-31)33(42)43-4/h9,11-15,17-18,23,26,34,40H,5-8,10,16,36H2,1-4H3,(H,38,41)/t23-,26-,34?,35?/m0/s1. The van der Waals surface area contributed by atoms with Gasteiger partial charge in [-0.3, -0.25) is 4.79 Å². The molecule has 0 radical (unpaired) electrons. The second-order valence-electron chi connectivity index (χ2n) is 12.7. The molecule has 0 saturated carbocycles. The van der Waals surface area contributed by atoms with E-state index >= 15 is 0 Å². The Bertz CT molecular complexity index is 1810. The van der Waals surface area contributed by atoms with E-state index in [1.165, 1.54) is 31.8 Å². The van der Waals surface area contributed by atoms with E-state index < -0.39 is 29.7 Å². The van der Waals surface area contributed by atoms with Gasteiger partial charge in [0, 0.05) is 11.3 Å². The average molecular weight is 626 g/mol. The molecule has 11 heteroatoms. The number of nitrogens with zero attached hydrogens (tertiary/aromatic N) is 2. The van der Waals surface area contributed by atoms with Crippen LogP contribution in [0.3, 0.4) is 0 Å². The SMILES string of the molecule is CCCCCCc1cccc2c1NC1Oc3ccc4cc3C21c1oc(nc1-c1nc(C(=O)OC)co1)[C@H](C(C)C)NC(=O)[C@@H](N)C4. The summed E-state index contributed by atoms with van der Waals surface area (Å²) in [5, 5.41) is 6.79. The van der Waals surface area contributed by atoms with Crippen molar-refractivity contribution in [2.45, 2.75) is 83.0 Å². The molecule has 1 spiro atoms. The zero-order valence-electron chi connectivity index (χ0n) is 26.5. The normalized spacial score (nSPS) is 22.7. The number of fused-ring (bicyclic) bond motifs is 4. The Balaban J connectivity index is 1.51. The molecule has 11 nitrogen and oxygen atoms in total. The highest BCUT2D eigenvalue weighted by Crippen LogP contribution is 2.60. The third-order valence-electron chi connectivity index (χ3n) is 9.38. The largest absolute Gasteiger partial charge is 0.469 e. The molecule has 240 valence electrons. The van der Waals surface area contributed by atoms with E-state index in [1.807, 2.05) is 26.0 Å². The number of aryl methyl sites for hydroxylation is 1. The summed E-state index contributed by atoms with van der Waals surface area (Å²) in [5.41, 5.74) is 10.7. The highest BCUT2D eigenvalue weighted by molar-refractivity contribution is 5.87. The van der Waals surface area contributed by atoms with Crippen LogP contribution < -0.4 is 21.1 Å². The van der Waals surface area contributed by atoms with Crippen molar-refractivity contribution in [3.8, 4) is 17.3 Å². The molecule has 0 fully saturated rings. The number of carbonyl (C=O) groups is 2. The van der Waals surface area contributed by atoms with Gasteiger partial charge in [0.25, 0.3) is 0 Å². The molecule has 2 unspecified atom stereocenters. The van der Waals surface area contributed by atoms with Crippen molar-refractivity contribution in [3.05, 3.63) is 82.3 Å². The van der Waals surface area contributed by atoms with Crippen LogP contribution in [-0.4, -0.2) is 41.2 Å². The first kappa shape index (κ1) is 30.0. The van der Waals surface area contributed by atoms with E-state index in [2.05, 4.69) is 46.8 Å². The summed E-state index contributed by atoms with van der Waals surface area (Å²) in [4.78, 5) is 35.2. The summed E-state index contributed by atoms with van der Waals surface area (Å²) < 4.78 is 24.3. The van der Waals surface area contributed by atoms with E-state index in [-0.39, 0.29) is 29.3 Å². The highest BCUT2D eigenvalue weighted by Gasteiger charge is 2.61. The maximum absolute atomic E-state index is 13.4. The molecule has 4 bridgehead atoms. The van der Waals surface area contributed by atoms with Gasteiger partial charge in [-0.1, -0.05) is 70.4 Å². The van der Waals surface area contributed by atoms with Crippen LogP contribution in [0.4, 0.5) is 5.69 Å². The van der Waals surface area contributed by atoms with Gasteiger partial charge in [0.1, 0.15) is 23.5 Å². The third kappa shape index (κ3) is 4.67. The van der Waals surface area contributed by atoms with Crippen LogP contribution >= 0.6 is 0 Å². The summed E-state index contributed by atoms with van der Waals surface area (Å²) in [6.07, 6.45) is 6.50. The van der Waals surface area contributed by atoms with Crippen LogP contribution in [-0.2, 0) is 27.8 Å². The van der Waals surface area contributed by atoms with Crippen molar-refractivity contribution in [1.29, 1.82) is 0 Å². The zero-order valence-corrected chi connectivity index (χ0v) is 26.5. The molecule has 1 amide bonds. The minimum absolute atomic E-state index is 0.00400. The van der Waals surface area contributed by atoms with Crippen molar-refractivity contribution in [2.24, 2.45) is 11.7 Å². The molecule has 5 heterocycles. The summed E-state index contributed by atoms with van der Waals surface area (Å²) in [7, 11) is 1.29. The molecule has 46 heavy (non-hydrogen) atoms. The van der Waals surface area contributed by atoms with E-state index in [1.54, 1.807) is 0 Å². The number of nitrogens with two attached hydrogens (primary N) is 1. The molecule has 2 aromatic heterocycles. The molecular weight excluding hydrogens is 586 g/mol. The maximum Gasteiger partial charge on any atom is 0.360 e. The summed E-state index contributed by atoms with van der Waals surface area (Å²) in [6.45, 7) is 6.16. The number of carbonyl (C=O) groups excluding carboxylic acids is 2. The predicted molar refractivity (Wildman–Crippen MR) is 169 cm³/mol. The van der Waals surface area contributed by atoms with Gasteiger partial charge in [-0.15, -0.1) is 0 Å². The van der Waals surface area contributed by atoms with Crippen molar-refractivity contribution in [3.63, 3.8) is 0 Å². The number of aromatic nitrogens is 2. The van der Waals surface area contributed by atoms with Gasteiger partial charge in [-0.25, -0.2) is 14.8 Å². The minimum atomic E-state index is -1.00. The van der Waals surface area contributed by atoms with E-state index in [0.717, 1.165) is 41.6 Å². The summed E-state index contributed by atoms with van der Waals surface area (Å²) >= 11 is 0. The first-order chi connectivity index (χ1) is 22.3. The Morgan fingerprint density at radius 3 is 2.76 bits per heavy atom.